The smallest absolute Gasteiger partial charge is 0.140 e. The molecule has 0 radical (unpaired) electrons. The Morgan fingerprint density at radius 1 is 1.58 bits per heavy atom. The molecule has 6 heteroatoms. The normalized spacial score (nSPS) is 20.2. The minimum Gasteiger partial charge on any atom is -0.308 e. The molecule has 1 aromatic rings. The molecule has 0 aliphatic carbocycles. The van der Waals surface area contributed by atoms with E-state index in [1.807, 2.05) is 6.07 Å². The minimum absolute atomic E-state index is 0.639. The second kappa shape index (κ2) is 6.52. The van der Waals surface area contributed by atoms with E-state index in [9.17, 15) is 0 Å². The Kier molecular flexibility index (Phi) is 4.99. The van der Waals surface area contributed by atoms with E-state index >= 15 is 0 Å². The van der Waals surface area contributed by atoms with Gasteiger partial charge >= 0.3 is 0 Å². The SMILES string of the molecule is CN(Cc1nc(NN)ccc1Cl)CC1CCCN1C. The Hall–Kier alpha value is -0.880. The molecule has 1 saturated heterocycles. The standard InChI is InChI=1S/C13H22ClN5/c1-18(8-10-4-3-7-19(10)2)9-12-11(14)5-6-13(16-12)17-15/h5-6,10H,3-4,7-9,15H2,1-2H3,(H,16,17). The fraction of sp³-hybridized carbons (Fsp3) is 0.615. The molecule has 2 heterocycles. The first-order chi connectivity index (χ1) is 9.10. The van der Waals surface area contributed by atoms with Gasteiger partial charge in [0.2, 0.25) is 0 Å². The Balaban J connectivity index is 1.96. The maximum Gasteiger partial charge on any atom is 0.140 e. The molecule has 5 nitrogen and oxygen atoms in total. The number of anilines is 1. The van der Waals surface area contributed by atoms with E-state index < -0.39 is 0 Å². The van der Waals surface area contributed by atoms with Crippen LogP contribution in [0.15, 0.2) is 12.1 Å². The maximum atomic E-state index is 6.17. The third-order valence-corrected chi connectivity index (χ3v) is 4.02. The number of likely N-dealkylation sites (tertiary alicyclic amines) is 1. The molecule has 1 atom stereocenters. The zero-order valence-corrected chi connectivity index (χ0v) is 12.3. The van der Waals surface area contributed by atoms with Crippen LogP contribution in [0.25, 0.3) is 0 Å². The number of hydrogen-bond acceptors (Lipinski definition) is 5. The molecule has 0 spiro atoms. The Bertz CT molecular complexity index is 425. The summed E-state index contributed by atoms with van der Waals surface area (Å²) in [4.78, 5) is 9.09. The van der Waals surface area contributed by atoms with Crippen molar-refractivity contribution in [3.8, 4) is 0 Å². The monoisotopic (exact) mass is 283 g/mol. The highest BCUT2D eigenvalue weighted by Crippen LogP contribution is 2.20. The summed E-state index contributed by atoms with van der Waals surface area (Å²) >= 11 is 6.17. The van der Waals surface area contributed by atoms with E-state index in [-0.39, 0.29) is 0 Å². The van der Waals surface area contributed by atoms with Crippen molar-refractivity contribution in [1.82, 2.24) is 14.8 Å². The van der Waals surface area contributed by atoms with Gasteiger partial charge in [-0.1, -0.05) is 11.6 Å². The first kappa shape index (κ1) is 14.5. The second-order valence-corrected chi connectivity index (χ2v) is 5.65. The van der Waals surface area contributed by atoms with Gasteiger partial charge in [-0.2, -0.15) is 0 Å². The Morgan fingerprint density at radius 2 is 2.37 bits per heavy atom. The highest BCUT2D eigenvalue weighted by molar-refractivity contribution is 6.31. The zero-order chi connectivity index (χ0) is 13.8. The number of hydrazine groups is 1. The number of nitrogens with one attached hydrogen (secondary N) is 1. The number of aromatic nitrogens is 1. The summed E-state index contributed by atoms with van der Waals surface area (Å²) in [5, 5.41) is 0.686. The van der Waals surface area contributed by atoms with Crippen LogP contribution in [0.4, 0.5) is 5.82 Å². The first-order valence-corrected chi connectivity index (χ1v) is 6.98. The van der Waals surface area contributed by atoms with Gasteiger partial charge in [-0.05, 0) is 45.6 Å². The molecule has 2 rings (SSSR count). The lowest BCUT2D eigenvalue weighted by molar-refractivity contribution is 0.214. The van der Waals surface area contributed by atoms with Crippen molar-refractivity contribution in [2.24, 2.45) is 5.84 Å². The summed E-state index contributed by atoms with van der Waals surface area (Å²) in [6.45, 7) is 2.97. The van der Waals surface area contributed by atoms with E-state index in [0.717, 1.165) is 18.8 Å². The number of halogens is 1. The van der Waals surface area contributed by atoms with Crippen LogP contribution >= 0.6 is 11.6 Å². The fourth-order valence-corrected chi connectivity index (χ4v) is 2.73. The topological polar surface area (TPSA) is 57.4 Å². The quantitative estimate of drug-likeness (QED) is 0.634. The number of hydrogen-bond donors (Lipinski definition) is 2. The van der Waals surface area contributed by atoms with E-state index in [1.54, 1.807) is 6.07 Å². The number of nitrogens with zero attached hydrogens (tertiary/aromatic N) is 3. The van der Waals surface area contributed by atoms with Crippen LogP contribution in [0.3, 0.4) is 0 Å². The van der Waals surface area contributed by atoms with Gasteiger partial charge in [0.15, 0.2) is 0 Å². The summed E-state index contributed by atoms with van der Waals surface area (Å²) in [5.74, 6) is 6.02. The van der Waals surface area contributed by atoms with Gasteiger partial charge in [0.1, 0.15) is 5.82 Å². The van der Waals surface area contributed by atoms with Crippen LogP contribution in [-0.4, -0.2) is 48.0 Å². The molecule has 106 valence electrons. The molecule has 0 bridgehead atoms. The van der Waals surface area contributed by atoms with Crippen molar-refractivity contribution in [3.05, 3.63) is 22.8 Å². The van der Waals surface area contributed by atoms with Crippen LogP contribution in [0.2, 0.25) is 5.02 Å². The number of nitrogens with two attached hydrogens (primary N) is 1. The van der Waals surface area contributed by atoms with Gasteiger partial charge in [0.05, 0.1) is 10.7 Å². The van der Waals surface area contributed by atoms with E-state index in [2.05, 4.69) is 34.3 Å². The third-order valence-electron chi connectivity index (χ3n) is 3.68. The molecular formula is C13H22ClN5. The number of rotatable bonds is 5. The molecule has 1 unspecified atom stereocenters. The summed E-state index contributed by atoms with van der Waals surface area (Å²) in [7, 11) is 4.29. The lowest BCUT2D eigenvalue weighted by Gasteiger charge is -2.25. The van der Waals surface area contributed by atoms with Crippen molar-refractivity contribution in [3.63, 3.8) is 0 Å². The van der Waals surface area contributed by atoms with E-state index in [4.69, 9.17) is 17.4 Å². The highest BCUT2D eigenvalue weighted by atomic mass is 35.5. The summed E-state index contributed by atoms with van der Waals surface area (Å²) in [6.07, 6.45) is 2.56. The zero-order valence-electron chi connectivity index (χ0n) is 11.6. The molecule has 3 N–H and O–H groups in total. The largest absolute Gasteiger partial charge is 0.308 e. The van der Waals surface area contributed by atoms with Crippen LogP contribution in [0, 0.1) is 0 Å². The second-order valence-electron chi connectivity index (χ2n) is 5.24. The Labute approximate surface area is 119 Å². The molecule has 0 amide bonds. The molecular weight excluding hydrogens is 262 g/mol. The molecule has 0 aromatic carbocycles. The number of pyridine rings is 1. The summed E-state index contributed by atoms with van der Waals surface area (Å²) < 4.78 is 0. The lowest BCUT2D eigenvalue weighted by Crippen LogP contribution is -2.36. The lowest BCUT2D eigenvalue weighted by atomic mass is 10.2. The van der Waals surface area contributed by atoms with Gasteiger partial charge in [0, 0.05) is 19.1 Å². The molecule has 1 fully saturated rings. The predicted molar refractivity (Wildman–Crippen MR) is 79.0 cm³/mol. The molecule has 1 aliphatic heterocycles. The van der Waals surface area contributed by atoms with E-state index in [0.29, 0.717) is 16.9 Å². The van der Waals surface area contributed by atoms with Gasteiger partial charge in [-0.25, -0.2) is 10.8 Å². The summed E-state index contributed by atoms with van der Waals surface area (Å²) in [5.41, 5.74) is 3.41. The van der Waals surface area contributed by atoms with Gasteiger partial charge in [-0.15, -0.1) is 0 Å². The van der Waals surface area contributed by atoms with Gasteiger partial charge in [0.25, 0.3) is 0 Å². The first-order valence-electron chi connectivity index (χ1n) is 6.61. The van der Waals surface area contributed by atoms with Gasteiger partial charge < -0.3 is 10.3 Å². The van der Waals surface area contributed by atoms with Crippen LogP contribution < -0.4 is 11.3 Å². The molecule has 1 aliphatic rings. The third kappa shape index (κ3) is 3.79. The maximum absolute atomic E-state index is 6.17. The Morgan fingerprint density at radius 3 is 3.00 bits per heavy atom. The fourth-order valence-electron chi connectivity index (χ4n) is 2.57. The van der Waals surface area contributed by atoms with Crippen LogP contribution in [-0.2, 0) is 6.54 Å². The predicted octanol–water partition coefficient (Wildman–Crippen LogP) is 1.55. The van der Waals surface area contributed by atoms with Crippen molar-refractivity contribution in [2.75, 3.05) is 32.6 Å². The molecule has 0 saturated carbocycles. The van der Waals surface area contributed by atoms with Crippen molar-refractivity contribution in [2.45, 2.75) is 25.4 Å². The molecule has 19 heavy (non-hydrogen) atoms. The molecule has 1 aromatic heterocycles. The van der Waals surface area contributed by atoms with Gasteiger partial charge in [-0.3, -0.25) is 4.90 Å². The number of likely N-dealkylation sites (N-methyl/N-ethyl adjacent to an activating group) is 2. The van der Waals surface area contributed by atoms with Crippen molar-refractivity contribution in [1.29, 1.82) is 0 Å². The van der Waals surface area contributed by atoms with Crippen molar-refractivity contribution >= 4 is 17.4 Å². The number of nitrogen functional groups attached to an aromatic ring is 1. The van der Waals surface area contributed by atoms with Crippen molar-refractivity contribution < 1.29 is 0 Å². The average molecular weight is 284 g/mol. The van der Waals surface area contributed by atoms with Crippen LogP contribution in [0.5, 0.6) is 0 Å². The average Bonchev–Trinajstić information content (AvgIpc) is 2.78. The van der Waals surface area contributed by atoms with E-state index in [1.165, 1.54) is 19.4 Å². The summed E-state index contributed by atoms with van der Waals surface area (Å²) in [6, 6.07) is 4.24. The minimum atomic E-state index is 0.639. The van der Waals surface area contributed by atoms with Crippen LogP contribution in [0.1, 0.15) is 18.5 Å². The highest BCUT2D eigenvalue weighted by Gasteiger charge is 2.22.